The number of aromatic hydroxyl groups is 4. The quantitative estimate of drug-likeness (QED) is 0.315. The van der Waals surface area contributed by atoms with E-state index in [1.165, 1.54) is 24.3 Å². The fourth-order valence-corrected chi connectivity index (χ4v) is 2.39. The van der Waals surface area contributed by atoms with Gasteiger partial charge in [-0.2, -0.15) is 4.42 Å². The molecule has 0 radical (unpaired) electrons. The Morgan fingerprint density at radius 3 is 1.77 bits per heavy atom. The molecule has 0 unspecified atom stereocenters. The van der Waals surface area contributed by atoms with Crippen molar-refractivity contribution in [1.29, 1.82) is 0 Å². The standard InChI is InChI=1S/C15H10O7/c16-9-3-1-6-8(5-11(18)19)7-2-4-10(17)13(21)15(7)22-14(6)12(9)20/h1-4H,5H2,(H4-,16,17,18,19,20,21). The molecule has 0 fully saturated rings. The van der Waals surface area contributed by atoms with Crippen LogP contribution in [-0.4, -0.2) is 26.4 Å². The van der Waals surface area contributed by atoms with Crippen molar-refractivity contribution in [3.05, 3.63) is 29.8 Å². The maximum atomic E-state index is 11.0. The summed E-state index contributed by atoms with van der Waals surface area (Å²) in [4.78, 5) is 11.0. The topological polar surface area (TPSA) is 132 Å². The molecule has 1 heterocycles. The van der Waals surface area contributed by atoms with Crippen LogP contribution in [0.2, 0.25) is 0 Å². The van der Waals surface area contributed by atoms with Gasteiger partial charge in [-0.3, -0.25) is 0 Å². The lowest BCUT2D eigenvalue weighted by Crippen LogP contribution is -2.24. The van der Waals surface area contributed by atoms with Crippen LogP contribution >= 0.6 is 0 Å². The highest BCUT2D eigenvalue weighted by Crippen LogP contribution is 2.42. The molecule has 112 valence electrons. The predicted molar refractivity (Wildman–Crippen MR) is 73.5 cm³/mol. The summed E-state index contributed by atoms with van der Waals surface area (Å²) in [6.07, 6.45) is -0.502. The molecule has 0 atom stereocenters. The van der Waals surface area contributed by atoms with E-state index >= 15 is 0 Å². The van der Waals surface area contributed by atoms with Gasteiger partial charge in [0.15, 0.2) is 11.5 Å². The van der Waals surface area contributed by atoms with E-state index in [1.54, 1.807) is 0 Å². The number of hydrogen-bond donors (Lipinski definition) is 4. The molecule has 7 heteroatoms. The molecule has 2 aromatic carbocycles. The van der Waals surface area contributed by atoms with Crippen molar-refractivity contribution in [3.8, 4) is 23.0 Å². The van der Waals surface area contributed by atoms with Crippen LogP contribution in [-0.2, 0) is 11.2 Å². The molecule has 0 aliphatic carbocycles. The van der Waals surface area contributed by atoms with E-state index in [0.717, 1.165) is 0 Å². The van der Waals surface area contributed by atoms with Crippen molar-refractivity contribution in [3.63, 3.8) is 0 Å². The van der Waals surface area contributed by atoms with E-state index in [9.17, 15) is 30.3 Å². The Balaban J connectivity index is 2.55. The third kappa shape index (κ3) is 1.91. The monoisotopic (exact) mass is 302 g/mol. The Morgan fingerprint density at radius 2 is 1.36 bits per heavy atom. The minimum Gasteiger partial charge on any atom is -0.550 e. The van der Waals surface area contributed by atoms with Gasteiger partial charge in [-0.15, -0.1) is 0 Å². The summed E-state index contributed by atoms with van der Waals surface area (Å²) in [7, 11) is 0. The molecule has 0 amide bonds. The highest BCUT2D eigenvalue weighted by molar-refractivity contribution is 6.02. The summed E-state index contributed by atoms with van der Waals surface area (Å²) in [5, 5.41) is 50.3. The zero-order chi connectivity index (χ0) is 16.0. The molecule has 0 spiro atoms. The van der Waals surface area contributed by atoms with Crippen LogP contribution in [0.15, 0.2) is 28.7 Å². The summed E-state index contributed by atoms with van der Waals surface area (Å²) in [5.74, 6) is -3.48. The minimum atomic E-state index is -1.37. The number of rotatable bonds is 2. The number of carboxylic acids is 1. The molecule has 1 aromatic heterocycles. The van der Waals surface area contributed by atoms with Crippen molar-refractivity contribution in [1.82, 2.24) is 0 Å². The van der Waals surface area contributed by atoms with E-state index in [1.807, 2.05) is 0 Å². The molecule has 3 aromatic rings. The lowest BCUT2D eigenvalue weighted by Gasteiger charge is -2.07. The van der Waals surface area contributed by atoms with E-state index in [0.29, 0.717) is 0 Å². The normalized spacial score (nSPS) is 11.1. The van der Waals surface area contributed by atoms with Crippen molar-refractivity contribution in [2.24, 2.45) is 0 Å². The Labute approximate surface area is 122 Å². The fraction of sp³-hybridized carbons (Fsp3) is 0.0667. The summed E-state index contributed by atoms with van der Waals surface area (Å²) < 4.78 is 5.36. The number of benzene rings is 2. The van der Waals surface area contributed by atoms with Gasteiger partial charge in [-0.1, -0.05) is 0 Å². The van der Waals surface area contributed by atoms with Gasteiger partial charge in [-0.05, 0) is 29.8 Å². The Morgan fingerprint density at radius 1 is 0.909 bits per heavy atom. The van der Waals surface area contributed by atoms with E-state index in [2.05, 4.69) is 0 Å². The van der Waals surface area contributed by atoms with Crippen LogP contribution in [0.25, 0.3) is 21.9 Å². The average molecular weight is 302 g/mol. The van der Waals surface area contributed by atoms with Gasteiger partial charge in [0.05, 0.1) is 10.8 Å². The number of carboxylic acid groups (broad SMARTS) is 1. The van der Waals surface area contributed by atoms with Crippen molar-refractivity contribution in [2.45, 2.75) is 6.42 Å². The molecular formula is C15H10O7. The lowest BCUT2D eigenvalue weighted by atomic mass is 10.0. The molecule has 22 heavy (non-hydrogen) atoms. The molecular weight excluding hydrogens is 292 g/mol. The Kier molecular flexibility index (Phi) is 2.91. The minimum absolute atomic E-state index is 0.204. The Bertz CT molecular complexity index is 864. The van der Waals surface area contributed by atoms with Crippen LogP contribution < -0.4 is 5.11 Å². The second-order valence-electron chi connectivity index (χ2n) is 4.75. The molecule has 0 bridgehead atoms. The van der Waals surface area contributed by atoms with Crippen molar-refractivity contribution in [2.75, 3.05) is 0 Å². The second-order valence-corrected chi connectivity index (χ2v) is 4.75. The number of hydrogen-bond acceptors (Lipinski definition) is 6. The first kappa shape index (κ1) is 13.7. The highest BCUT2D eigenvalue weighted by Gasteiger charge is 2.27. The van der Waals surface area contributed by atoms with Gasteiger partial charge in [0.2, 0.25) is 0 Å². The highest BCUT2D eigenvalue weighted by atomic mass is 16.4. The molecule has 0 aliphatic heterocycles. The summed E-state index contributed by atoms with van der Waals surface area (Å²) in [5.41, 5.74) is -0.184. The van der Waals surface area contributed by atoms with Crippen LogP contribution in [0.4, 0.5) is 0 Å². The molecule has 0 saturated heterocycles. The van der Waals surface area contributed by atoms with E-state index in [-0.39, 0.29) is 27.5 Å². The first-order valence-corrected chi connectivity index (χ1v) is 6.24. The maximum absolute atomic E-state index is 11.0. The number of phenols is 4. The van der Waals surface area contributed by atoms with Crippen LogP contribution in [0.5, 0.6) is 23.0 Å². The van der Waals surface area contributed by atoms with Crippen LogP contribution in [0.3, 0.4) is 0 Å². The van der Waals surface area contributed by atoms with Crippen molar-refractivity contribution >= 4 is 27.9 Å². The average Bonchev–Trinajstić information content (AvgIpc) is 2.47. The maximum Gasteiger partial charge on any atom is 0.406 e. The molecule has 0 saturated carbocycles. The van der Waals surface area contributed by atoms with Gasteiger partial charge in [-0.25, -0.2) is 0 Å². The van der Waals surface area contributed by atoms with Crippen molar-refractivity contribution < 1.29 is 34.7 Å². The van der Waals surface area contributed by atoms with Gasteiger partial charge < -0.3 is 30.3 Å². The largest absolute Gasteiger partial charge is 0.550 e. The second kappa shape index (κ2) is 4.66. The summed E-state index contributed by atoms with van der Waals surface area (Å²) >= 11 is 0. The number of carbonyl (C=O) groups excluding carboxylic acids is 1. The lowest BCUT2D eigenvalue weighted by molar-refractivity contribution is -0.304. The summed E-state index contributed by atoms with van der Waals surface area (Å²) in [6, 6.07) is 5.15. The van der Waals surface area contributed by atoms with E-state index < -0.39 is 35.4 Å². The van der Waals surface area contributed by atoms with Gasteiger partial charge in [0.25, 0.3) is 11.5 Å². The third-order valence-electron chi connectivity index (χ3n) is 3.40. The zero-order valence-electron chi connectivity index (χ0n) is 11.0. The van der Waals surface area contributed by atoms with Gasteiger partial charge >= 0.3 is 11.2 Å². The van der Waals surface area contributed by atoms with Gasteiger partial charge in [0.1, 0.15) is 0 Å². The first-order chi connectivity index (χ1) is 10.4. The van der Waals surface area contributed by atoms with E-state index in [4.69, 9.17) is 4.42 Å². The first-order valence-electron chi connectivity index (χ1n) is 6.24. The predicted octanol–water partition coefficient (Wildman–Crippen LogP) is 0.982. The number of phenolic OH excluding ortho intramolecular Hbond substituents is 4. The third-order valence-corrected chi connectivity index (χ3v) is 3.40. The molecule has 7 nitrogen and oxygen atoms in total. The SMILES string of the molecule is O=C([O-])Cc1c2ccc(O)c(O)c2[o+]c2c(O)c(O)ccc12. The molecule has 3 rings (SSSR count). The number of fused-ring (bicyclic) bond motifs is 2. The van der Waals surface area contributed by atoms with Crippen LogP contribution in [0.1, 0.15) is 5.56 Å². The number of aliphatic carboxylic acids is 1. The fourth-order valence-electron chi connectivity index (χ4n) is 2.39. The number of carbonyl (C=O) groups is 1. The van der Waals surface area contributed by atoms with Crippen LogP contribution in [0, 0.1) is 0 Å². The Hall–Kier alpha value is -3.22. The molecule has 0 aliphatic rings. The molecule has 4 N–H and O–H groups in total. The van der Waals surface area contributed by atoms with Gasteiger partial charge in [0, 0.05) is 12.4 Å². The summed E-state index contributed by atoms with van der Waals surface area (Å²) in [6.45, 7) is 0. The smallest absolute Gasteiger partial charge is 0.406 e. The zero-order valence-corrected chi connectivity index (χ0v) is 11.0.